The van der Waals surface area contributed by atoms with Gasteiger partial charge >= 0.3 is 0 Å². The summed E-state index contributed by atoms with van der Waals surface area (Å²) < 4.78 is 0. The van der Waals surface area contributed by atoms with Crippen molar-refractivity contribution in [3.8, 4) is 5.75 Å². The van der Waals surface area contributed by atoms with Crippen LogP contribution < -0.4 is 0 Å². The minimum absolute atomic E-state index is 0.0244. The molecule has 0 aliphatic heterocycles. The number of rotatable bonds is 3. The van der Waals surface area contributed by atoms with Crippen molar-refractivity contribution in [3.63, 3.8) is 0 Å². The Kier molecular flexibility index (Phi) is 3.53. The van der Waals surface area contributed by atoms with Crippen LogP contribution in [0, 0.1) is 0 Å². The number of hydrogen-bond acceptors (Lipinski definition) is 5. The van der Waals surface area contributed by atoms with Gasteiger partial charge in [-0.05, 0) is 12.1 Å². The molecule has 0 aromatic carbocycles. The van der Waals surface area contributed by atoms with E-state index >= 15 is 0 Å². The molecule has 1 aromatic rings. The first-order chi connectivity index (χ1) is 6.15. The van der Waals surface area contributed by atoms with Crippen molar-refractivity contribution in [2.45, 2.75) is 12.2 Å². The van der Waals surface area contributed by atoms with E-state index in [-0.39, 0.29) is 11.5 Å². The molecule has 0 saturated carbocycles. The Hall–Kier alpha value is -0.780. The molecular weight excluding hydrogens is 190 g/mol. The number of pyridine rings is 1. The van der Waals surface area contributed by atoms with Gasteiger partial charge in [-0.15, -0.1) is 0 Å². The van der Waals surface area contributed by atoms with E-state index in [1.54, 1.807) is 0 Å². The highest BCUT2D eigenvalue weighted by molar-refractivity contribution is 7.80. The SMILES string of the molecule is Oc1ccc(C(O)C(O)CS)nc1. The molecule has 4 nitrogen and oxygen atoms in total. The monoisotopic (exact) mass is 201 g/mol. The lowest BCUT2D eigenvalue weighted by atomic mass is 10.1. The smallest absolute Gasteiger partial charge is 0.133 e. The van der Waals surface area contributed by atoms with E-state index in [0.29, 0.717) is 5.69 Å². The van der Waals surface area contributed by atoms with Gasteiger partial charge in [0, 0.05) is 5.75 Å². The molecule has 2 unspecified atom stereocenters. The van der Waals surface area contributed by atoms with Gasteiger partial charge in [-0.25, -0.2) is 0 Å². The maximum atomic E-state index is 9.44. The molecule has 5 heteroatoms. The second kappa shape index (κ2) is 4.45. The number of aliphatic hydroxyl groups is 2. The van der Waals surface area contributed by atoms with Gasteiger partial charge in [0.2, 0.25) is 0 Å². The van der Waals surface area contributed by atoms with E-state index in [4.69, 9.17) is 5.11 Å². The Balaban J connectivity index is 2.77. The lowest BCUT2D eigenvalue weighted by Crippen LogP contribution is -2.20. The van der Waals surface area contributed by atoms with Gasteiger partial charge in [-0.3, -0.25) is 4.98 Å². The minimum Gasteiger partial charge on any atom is -0.506 e. The summed E-state index contributed by atoms with van der Waals surface area (Å²) in [6.07, 6.45) is -0.789. The molecule has 0 aliphatic carbocycles. The normalized spacial score (nSPS) is 15.3. The summed E-state index contributed by atoms with van der Waals surface area (Å²) in [6, 6.07) is 2.85. The van der Waals surface area contributed by atoms with Crippen molar-refractivity contribution in [1.82, 2.24) is 4.98 Å². The number of nitrogens with zero attached hydrogens (tertiary/aromatic N) is 1. The topological polar surface area (TPSA) is 73.6 Å². The fourth-order valence-electron chi connectivity index (χ4n) is 0.869. The standard InChI is InChI=1S/C8H11NO3S/c10-5-1-2-6(9-3-5)8(12)7(11)4-13/h1-3,7-8,10-13H,4H2. The first kappa shape index (κ1) is 10.3. The predicted octanol–water partition coefficient (Wildman–Crippen LogP) is 0.111. The van der Waals surface area contributed by atoms with E-state index in [9.17, 15) is 10.2 Å². The first-order valence-electron chi connectivity index (χ1n) is 3.77. The van der Waals surface area contributed by atoms with Gasteiger partial charge in [0.1, 0.15) is 11.9 Å². The molecule has 2 atom stereocenters. The van der Waals surface area contributed by atoms with Gasteiger partial charge < -0.3 is 15.3 Å². The van der Waals surface area contributed by atoms with Gasteiger partial charge in [0.05, 0.1) is 18.0 Å². The highest BCUT2D eigenvalue weighted by Gasteiger charge is 2.17. The van der Waals surface area contributed by atoms with Gasteiger partial charge in [-0.2, -0.15) is 12.6 Å². The molecule has 0 saturated heterocycles. The van der Waals surface area contributed by atoms with Crippen LogP contribution in [0.5, 0.6) is 5.75 Å². The Morgan fingerprint density at radius 2 is 2.08 bits per heavy atom. The minimum atomic E-state index is -1.06. The largest absolute Gasteiger partial charge is 0.506 e. The molecule has 1 heterocycles. The Morgan fingerprint density at radius 3 is 2.54 bits per heavy atom. The molecule has 72 valence electrons. The maximum Gasteiger partial charge on any atom is 0.133 e. The van der Waals surface area contributed by atoms with Crippen LogP contribution in [-0.4, -0.2) is 32.2 Å². The number of thiol groups is 1. The average Bonchev–Trinajstić information content (AvgIpc) is 2.17. The van der Waals surface area contributed by atoms with Crippen LogP contribution in [0.15, 0.2) is 18.3 Å². The quantitative estimate of drug-likeness (QED) is 0.524. The molecule has 0 amide bonds. The fraction of sp³-hybridized carbons (Fsp3) is 0.375. The number of hydrogen-bond donors (Lipinski definition) is 4. The average molecular weight is 201 g/mol. The fourth-order valence-corrected chi connectivity index (χ4v) is 1.07. The lowest BCUT2D eigenvalue weighted by Gasteiger charge is -2.14. The third-order valence-electron chi connectivity index (χ3n) is 1.63. The third kappa shape index (κ3) is 2.58. The molecular formula is C8H11NO3S. The molecule has 13 heavy (non-hydrogen) atoms. The van der Waals surface area contributed by atoms with E-state index in [1.807, 2.05) is 0 Å². The Bertz CT molecular complexity index is 265. The lowest BCUT2D eigenvalue weighted by molar-refractivity contribution is 0.0310. The van der Waals surface area contributed by atoms with E-state index in [0.717, 1.165) is 0 Å². The Labute approximate surface area is 81.3 Å². The van der Waals surface area contributed by atoms with Crippen molar-refractivity contribution in [2.75, 3.05) is 5.75 Å². The predicted molar refractivity (Wildman–Crippen MR) is 50.7 cm³/mol. The van der Waals surface area contributed by atoms with Crippen LogP contribution in [0.3, 0.4) is 0 Å². The summed E-state index contributed by atoms with van der Waals surface area (Å²) in [4.78, 5) is 3.75. The summed E-state index contributed by atoms with van der Waals surface area (Å²) in [5.74, 6) is 0.181. The van der Waals surface area contributed by atoms with Crippen molar-refractivity contribution in [1.29, 1.82) is 0 Å². The number of aromatic hydroxyl groups is 1. The molecule has 1 aromatic heterocycles. The third-order valence-corrected chi connectivity index (χ3v) is 2.00. The zero-order chi connectivity index (χ0) is 9.84. The number of aliphatic hydroxyl groups excluding tert-OH is 2. The zero-order valence-electron chi connectivity index (χ0n) is 6.83. The molecule has 0 radical (unpaired) electrons. The second-order valence-electron chi connectivity index (χ2n) is 2.64. The van der Waals surface area contributed by atoms with Crippen LogP contribution in [0.2, 0.25) is 0 Å². The van der Waals surface area contributed by atoms with Crippen LogP contribution in [0.25, 0.3) is 0 Å². The molecule has 0 bridgehead atoms. The molecule has 0 aliphatic rings. The van der Waals surface area contributed by atoms with Crippen LogP contribution in [0.1, 0.15) is 11.8 Å². The van der Waals surface area contributed by atoms with Crippen molar-refractivity contribution in [3.05, 3.63) is 24.0 Å². The molecule has 3 N–H and O–H groups in total. The van der Waals surface area contributed by atoms with E-state index in [1.165, 1.54) is 18.3 Å². The first-order valence-corrected chi connectivity index (χ1v) is 4.40. The second-order valence-corrected chi connectivity index (χ2v) is 3.00. The van der Waals surface area contributed by atoms with Gasteiger partial charge in [0.15, 0.2) is 0 Å². The summed E-state index contributed by atoms with van der Waals surface area (Å²) in [5.41, 5.74) is 0.319. The van der Waals surface area contributed by atoms with Crippen LogP contribution >= 0.6 is 12.6 Å². The summed E-state index contributed by atoms with van der Waals surface area (Å²) in [7, 11) is 0. The molecule has 0 spiro atoms. The zero-order valence-corrected chi connectivity index (χ0v) is 7.72. The van der Waals surface area contributed by atoms with E-state index in [2.05, 4.69) is 17.6 Å². The Morgan fingerprint density at radius 1 is 1.38 bits per heavy atom. The summed E-state index contributed by atoms with van der Waals surface area (Å²) >= 11 is 3.84. The van der Waals surface area contributed by atoms with Crippen molar-refractivity contribution >= 4 is 12.6 Å². The number of aromatic nitrogens is 1. The maximum absolute atomic E-state index is 9.44. The highest BCUT2D eigenvalue weighted by atomic mass is 32.1. The van der Waals surface area contributed by atoms with Crippen LogP contribution in [0.4, 0.5) is 0 Å². The highest BCUT2D eigenvalue weighted by Crippen LogP contribution is 2.17. The molecule has 1 rings (SSSR count). The van der Waals surface area contributed by atoms with Crippen molar-refractivity contribution < 1.29 is 15.3 Å². The van der Waals surface area contributed by atoms with Crippen molar-refractivity contribution in [2.24, 2.45) is 0 Å². The summed E-state index contributed by atoms with van der Waals surface area (Å²) in [5, 5.41) is 27.6. The summed E-state index contributed by atoms with van der Waals surface area (Å²) in [6.45, 7) is 0. The van der Waals surface area contributed by atoms with E-state index < -0.39 is 12.2 Å². The van der Waals surface area contributed by atoms with Gasteiger partial charge in [-0.1, -0.05) is 0 Å². The molecule has 0 fully saturated rings. The van der Waals surface area contributed by atoms with Crippen LogP contribution in [-0.2, 0) is 0 Å². The van der Waals surface area contributed by atoms with Gasteiger partial charge in [0.25, 0.3) is 0 Å².